The van der Waals surface area contributed by atoms with Crippen LogP contribution in [0.25, 0.3) is 49.3 Å². The maximum Gasteiger partial charge on any atom is 0.199 e. The zero-order chi connectivity index (χ0) is 94.7. The number of hydrogen-bond acceptors (Lipinski definition) is 6. The fourth-order valence-corrected chi connectivity index (χ4v) is 52.3. The number of aromatic amines is 1. The molecule has 0 spiro atoms. The molecule has 0 saturated carbocycles. The zero-order valence-corrected chi connectivity index (χ0v) is 94.6. The Morgan fingerprint density at radius 2 is 0.630 bits per heavy atom. The van der Waals surface area contributed by atoms with E-state index in [-0.39, 0.29) is 28.8 Å². The number of likely N-dealkylation sites (N-methyl/N-ethyl adjacent to an activating group) is 2. The standard InChI is InChI=1S/C55H89NO2Si2.C36H61NSi2.C19H29IO2.C4H12N2/c1-38(2)31-59(32-39(3)4,33-40(5)6)45-22-24-47-48-25-23-46(60(34-41(7)8,35-42(9)10)36-43(11)12)30-50(48)56(49(47)29-45)51-28-44(55(16,17)37-54(13,14)15)21-26-52(51)58-53-20-18-19-27-57-53;1-25(2)19-38(20-26(3)4,21-27(5)6)31-13-15-33-34-16-14-32(18-36(34)37-35(33)17-31)39(22-28(7)8,23-29(9)10)24-30(11)12;1-18(2,3)13-19(4,5)14-9-10-16(15(20)12-14)22-17-8-6-7-11-21-17;1-5-3-4-6-2/h21-26,28-30,38-43,53H,18-20,27,31-37H2,1-17H3;13-18,25-30,37H,19-24H2,1-12H3;9-10,12,17H,6-8,11,13H2,1-5H3;5-6H,3-4H2,1-2H3. The molecule has 2 unspecified atom stereocenters. The average Bonchev–Trinajstić information content (AvgIpc) is 1.58. The maximum absolute atomic E-state index is 7.06. The molecule has 127 heavy (non-hydrogen) atoms. The van der Waals surface area contributed by atoms with E-state index in [0.29, 0.717) is 40.9 Å². The summed E-state index contributed by atoms with van der Waals surface area (Å²) >= 11 is 2.38. The minimum Gasteiger partial charge on any atom is -0.464 e. The number of hydrogen-bond donors (Lipinski definition) is 3. The highest BCUT2D eigenvalue weighted by Gasteiger charge is 2.43. The number of nitrogens with zero attached hydrogens (tertiary/aromatic N) is 1. The van der Waals surface area contributed by atoms with Gasteiger partial charge in [-0.1, -0.05) is 389 Å². The van der Waals surface area contributed by atoms with E-state index in [1.54, 1.807) is 20.7 Å². The van der Waals surface area contributed by atoms with E-state index in [4.69, 9.17) is 18.9 Å². The first-order valence-corrected chi connectivity index (χ1v) is 62.7. The lowest BCUT2D eigenvalue weighted by molar-refractivity contribution is -0.106. The molecule has 3 N–H and O–H groups in total. The third-order valence-corrected chi connectivity index (χ3v) is 52.6. The number of ether oxygens (including phenoxy) is 4. The van der Waals surface area contributed by atoms with Crippen LogP contribution in [0.1, 0.15) is 298 Å². The van der Waals surface area contributed by atoms with Crippen LogP contribution in [0.5, 0.6) is 11.5 Å². The van der Waals surface area contributed by atoms with Crippen molar-refractivity contribution in [3.05, 3.63) is 124 Å². The van der Waals surface area contributed by atoms with Crippen molar-refractivity contribution in [3.8, 4) is 17.2 Å². The fraction of sp³-hybridized carbons (Fsp3) is 0.684. The molecule has 6 aromatic carbocycles. The number of aromatic nitrogens is 2. The van der Waals surface area contributed by atoms with Crippen molar-refractivity contribution in [1.82, 2.24) is 20.2 Å². The molecule has 2 aliphatic rings. The minimum absolute atomic E-state index is 0.0241. The second kappa shape index (κ2) is 48.4. The predicted molar refractivity (Wildman–Crippen MR) is 584 cm³/mol. The number of halogens is 1. The SMILES string of the molecule is CC(C)(C)CC(C)(C)c1ccc(OC2CCCCO2)c(I)c1.CC(C)C[Si](CC(C)C)(CC(C)C)c1ccc2c(c1)[nH]c1cc([Si](CC(C)C)(CC(C)C)CC(C)C)ccc12.CC(C)C[Si](CC(C)C)(CC(C)C)c1ccc2c3ccc([Si](CC(C)C)(CC(C)C)CC(C)C)cc3n(-c3cc(C(C)(C)CC(C)(C)C)ccc3OC3CCCCO3)c2c1.CNCCNC. The van der Waals surface area contributed by atoms with E-state index < -0.39 is 32.3 Å². The van der Waals surface area contributed by atoms with Gasteiger partial charge in [-0.15, -0.1) is 0 Å². The summed E-state index contributed by atoms with van der Waals surface area (Å²) in [5, 5.41) is 18.2. The molecule has 2 aliphatic heterocycles. The van der Waals surface area contributed by atoms with Gasteiger partial charge in [0.05, 0.1) is 65.8 Å². The van der Waals surface area contributed by atoms with Gasteiger partial charge in [-0.3, -0.25) is 0 Å². The van der Waals surface area contributed by atoms with Crippen molar-refractivity contribution in [1.29, 1.82) is 0 Å². The predicted octanol–water partition coefficient (Wildman–Crippen LogP) is 31.6. The molecular formula is C114H191IN4O4Si4. The molecule has 10 rings (SSSR count). The molecule has 714 valence electrons. The zero-order valence-electron chi connectivity index (χ0n) is 88.4. The second-order valence-corrected chi connectivity index (χ2v) is 68.0. The van der Waals surface area contributed by atoms with E-state index in [9.17, 15) is 0 Å². The van der Waals surface area contributed by atoms with E-state index in [1.807, 2.05) is 14.1 Å². The third kappa shape index (κ3) is 32.3. The van der Waals surface area contributed by atoms with E-state index in [2.05, 4.69) is 387 Å². The van der Waals surface area contributed by atoms with Crippen LogP contribution in [0.3, 0.4) is 0 Å². The summed E-state index contributed by atoms with van der Waals surface area (Å²) in [6, 6.07) is 61.0. The van der Waals surface area contributed by atoms with Crippen LogP contribution in [0, 0.1) is 85.4 Å². The Morgan fingerprint density at radius 3 is 0.898 bits per heavy atom. The summed E-state index contributed by atoms with van der Waals surface area (Å²) in [6.45, 7) is 86.1. The monoisotopic (exact) mass is 1920 g/mol. The Hall–Kier alpha value is -4.04. The number of H-pyrrole nitrogens is 1. The van der Waals surface area contributed by atoms with Crippen LogP contribution in [0.15, 0.2) is 109 Å². The van der Waals surface area contributed by atoms with E-state index in [1.165, 1.54) is 143 Å². The summed E-state index contributed by atoms with van der Waals surface area (Å²) < 4.78 is 28.9. The van der Waals surface area contributed by atoms with Crippen LogP contribution in [-0.4, -0.2) is 94.8 Å². The van der Waals surface area contributed by atoms with Crippen molar-refractivity contribution < 1.29 is 18.9 Å². The summed E-state index contributed by atoms with van der Waals surface area (Å²) in [5.41, 5.74) is 9.98. The highest BCUT2D eigenvalue weighted by Crippen LogP contribution is 2.46. The van der Waals surface area contributed by atoms with Crippen LogP contribution in [0.4, 0.5) is 0 Å². The van der Waals surface area contributed by atoms with Gasteiger partial charge in [0.15, 0.2) is 12.6 Å². The highest BCUT2D eigenvalue weighted by atomic mass is 127. The summed E-state index contributed by atoms with van der Waals surface area (Å²) in [7, 11) is -3.23. The molecule has 0 radical (unpaired) electrons. The number of fused-ring (bicyclic) bond motifs is 6. The van der Waals surface area contributed by atoms with Gasteiger partial charge in [0.2, 0.25) is 0 Å². The average molecular weight is 1920 g/mol. The van der Waals surface area contributed by atoms with Crippen molar-refractivity contribution >= 4 is 119 Å². The number of benzene rings is 6. The molecular weight excluding hydrogens is 1730 g/mol. The molecule has 13 heteroatoms. The van der Waals surface area contributed by atoms with E-state index in [0.717, 1.165) is 118 Å². The van der Waals surface area contributed by atoms with Crippen LogP contribution < -0.4 is 40.9 Å². The summed E-state index contributed by atoms with van der Waals surface area (Å²) in [6.07, 6.45) is 8.46. The summed E-state index contributed by atoms with van der Waals surface area (Å²) in [4.78, 5) is 3.97. The summed E-state index contributed by atoms with van der Waals surface area (Å²) in [5.74, 6) is 10.3. The topological polar surface area (TPSA) is 81.7 Å². The first kappa shape index (κ1) is 110. The lowest BCUT2D eigenvalue weighted by Crippen LogP contribution is -2.50. The first-order valence-electron chi connectivity index (χ1n) is 51.2. The second-order valence-electron chi connectivity index (χ2n) is 49.3. The van der Waals surface area contributed by atoms with Gasteiger partial charge < -0.3 is 39.1 Å². The molecule has 2 fully saturated rings. The molecule has 0 bridgehead atoms. The molecule has 8 nitrogen and oxygen atoms in total. The Balaban J connectivity index is 0.000000280. The van der Waals surface area contributed by atoms with Gasteiger partial charge in [0, 0.05) is 58.5 Å². The van der Waals surface area contributed by atoms with Gasteiger partial charge in [0.1, 0.15) is 11.5 Å². The maximum atomic E-state index is 7.06. The van der Waals surface area contributed by atoms with Crippen molar-refractivity contribution in [3.63, 3.8) is 0 Å². The smallest absolute Gasteiger partial charge is 0.199 e. The van der Waals surface area contributed by atoms with Crippen LogP contribution in [0.2, 0.25) is 72.5 Å². The quantitative estimate of drug-likeness (QED) is 0.0202. The Morgan fingerprint density at radius 1 is 0.354 bits per heavy atom. The van der Waals surface area contributed by atoms with Crippen molar-refractivity contribution in [2.75, 3.05) is 40.4 Å². The first-order chi connectivity index (χ1) is 59.2. The Bertz CT molecular complexity index is 4330. The lowest BCUT2D eigenvalue weighted by Gasteiger charge is -2.37. The molecule has 0 aliphatic carbocycles. The van der Waals surface area contributed by atoms with Gasteiger partial charge >= 0.3 is 0 Å². The van der Waals surface area contributed by atoms with Crippen LogP contribution in [-0.2, 0) is 20.3 Å². The Labute approximate surface area is 798 Å². The normalized spacial score (nSPS) is 15.8. The molecule has 4 heterocycles. The van der Waals surface area contributed by atoms with Gasteiger partial charge in [-0.2, -0.15) is 0 Å². The van der Waals surface area contributed by atoms with Crippen molar-refractivity contribution in [2.24, 2.45) is 81.8 Å². The molecule has 0 amide bonds. The number of rotatable bonds is 40. The van der Waals surface area contributed by atoms with Crippen molar-refractivity contribution in [2.45, 2.75) is 383 Å². The van der Waals surface area contributed by atoms with Gasteiger partial charge in [0.25, 0.3) is 0 Å². The van der Waals surface area contributed by atoms with Gasteiger partial charge in [-0.25, -0.2) is 0 Å². The number of nitrogens with one attached hydrogen (secondary N) is 3. The molecule has 2 atom stereocenters. The highest BCUT2D eigenvalue weighted by molar-refractivity contribution is 14.1. The third-order valence-electron chi connectivity index (χ3n) is 26.5. The molecule has 8 aromatic rings. The minimum atomic E-state index is -1.92. The molecule has 2 saturated heterocycles. The van der Waals surface area contributed by atoms with Gasteiger partial charge in [-0.05, 0) is 228 Å². The lowest BCUT2D eigenvalue weighted by atomic mass is 9.72. The largest absolute Gasteiger partial charge is 0.464 e. The fourth-order valence-electron chi connectivity index (χ4n) is 24.5. The van der Waals surface area contributed by atoms with E-state index >= 15 is 0 Å². The van der Waals surface area contributed by atoms with Crippen LogP contribution >= 0.6 is 22.6 Å². The Kier molecular flexibility index (Phi) is 41.9. The molecule has 2 aromatic heterocycles.